The topological polar surface area (TPSA) is 105 Å². The molecule has 1 aliphatic rings. The van der Waals surface area contributed by atoms with E-state index in [-0.39, 0.29) is 22.1 Å². The highest BCUT2D eigenvalue weighted by Crippen LogP contribution is 2.31. The fraction of sp³-hybridized carbons (Fsp3) is 0.611. The third kappa shape index (κ3) is 4.44. The smallest absolute Gasteiger partial charge is 0.252 e. The quantitative estimate of drug-likeness (QED) is 0.730. The predicted molar refractivity (Wildman–Crippen MR) is 106 cm³/mol. The molecule has 10 heteroatoms. The number of sulfonamides is 1. The Hall–Kier alpha value is -1.78. The number of nitrogens with zero attached hydrogens (tertiary/aromatic N) is 3. The lowest BCUT2D eigenvalue weighted by Gasteiger charge is -2.30. The Morgan fingerprint density at radius 1 is 1.39 bits per heavy atom. The van der Waals surface area contributed by atoms with Crippen molar-refractivity contribution in [3.05, 3.63) is 17.3 Å². The minimum Gasteiger partial charge on any atom is -0.353 e. The highest BCUT2D eigenvalue weighted by Gasteiger charge is 2.33. The zero-order valence-corrected chi connectivity index (χ0v) is 18.0. The predicted octanol–water partition coefficient (Wildman–Crippen LogP) is 2.68. The Morgan fingerprint density at radius 2 is 2.11 bits per heavy atom. The van der Waals surface area contributed by atoms with E-state index in [0.717, 1.165) is 17.8 Å². The van der Waals surface area contributed by atoms with Crippen LogP contribution in [0.2, 0.25) is 0 Å². The number of amides is 1. The van der Waals surface area contributed by atoms with Crippen LogP contribution in [0.15, 0.2) is 20.2 Å². The first kappa shape index (κ1) is 20.9. The molecule has 1 amide bonds. The fourth-order valence-corrected chi connectivity index (χ4v) is 5.81. The summed E-state index contributed by atoms with van der Waals surface area (Å²) in [6.45, 7) is 6.59. The molecule has 0 aliphatic carbocycles. The highest BCUT2D eigenvalue weighted by atomic mass is 32.2. The minimum atomic E-state index is -3.59. The van der Waals surface area contributed by atoms with Crippen LogP contribution >= 0.6 is 11.3 Å². The highest BCUT2D eigenvalue weighted by molar-refractivity contribution is 7.91. The molecule has 0 spiro atoms. The second kappa shape index (κ2) is 8.71. The number of thiophene rings is 1. The van der Waals surface area contributed by atoms with E-state index in [1.54, 1.807) is 11.4 Å². The van der Waals surface area contributed by atoms with Crippen molar-refractivity contribution in [2.75, 3.05) is 13.1 Å². The van der Waals surface area contributed by atoms with Crippen molar-refractivity contribution in [2.24, 2.45) is 5.92 Å². The second-order valence-electron chi connectivity index (χ2n) is 7.02. The van der Waals surface area contributed by atoms with Gasteiger partial charge in [0, 0.05) is 42.4 Å². The van der Waals surface area contributed by atoms with Crippen LogP contribution in [0.1, 0.15) is 45.9 Å². The lowest BCUT2D eigenvalue weighted by Crippen LogP contribution is -2.44. The Balaban J connectivity index is 1.65. The number of carbonyl (C=O) groups is 1. The van der Waals surface area contributed by atoms with Gasteiger partial charge in [-0.1, -0.05) is 19.0 Å². The number of hydrogen-bond donors (Lipinski definition) is 1. The lowest BCUT2D eigenvalue weighted by atomic mass is 9.97. The third-order valence-corrected chi connectivity index (χ3v) is 8.34. The normalized spacial score (nSPS) is 17.5. The number of aromatic nitrogens is 2. The van der Waals surface area contributed by atoms with Crippen LogP contribution in [0.5, 0.6) is 0 Å². The maximum atomic E-state index is 13.0. The van der Waals surface area contributed by atoms with Crippen LogP contribution in [-0.2, 0) is 21.2 Å². The maximum absolute atomic E-state index is 13.0. The second-order valence-corrected chi connectivity index (χ2v) is 10.1. The summed E-state index contributed by atoms with van der Waals surface area (Å²) in [6.07, 6.45) is 2.57. The zero-order valence-electron chi connectivity index (χ0n) is 16.3. The molecule has 1 saturated heterocycles. The summed E-state index contributed by atoms with van der Waals surface area (Å²) in [4.78, 5) is 16.5. The van der Waals surface area contributed by atoms with Crippen molar-refractivity contribution in [2.45, 2.75) is 56.7 Å². The summed E-state index contributed by atoms with van der Waals surface area (Å²) in [7, 11) is -3.59. The molecule has 1 unspecified atom stereocenters. The molecule has 8 nitrogen and oxygen atoms in total. The van der Waals surface area contributed by atoms with Gasteiger partial charge in [-0.3, -0.25) is 4.79 Å². The SMILES string of the molecule is CCc1nc(-c2csc(S(=O)(=O)N3CCC(C(=O)NC(C)CC)CC3)c2)no1. The van der Waals surface area contributed by atoms with E-state index >= 15 is 0 Å². The molecule has 3 rings (SSSR count). The number of carbonyl (C=O) groups excluding carboxylic acids is 1. The molecule has 1 fully saturated rings. The van der Waals surface area contributed by atoms with Gasteiger partial charge in [0.15, 0.2) is 0 Å². The summed E-state index contributed by atoms with van der Waals surface area (Å²) < 4.78 is 32.7. The molecule has 154 valence electrons. The van der Waals surface area contributed by atoms with Gasteiger partial charge in [-0.25, -0.2) is 8.42 Å². The summed E-state index contributed by atoms with van der Waals surface area (Å²) in [5, 5.41) is 8.60. The van der Waals surface area contributed by atoms with Crippen LogP contribution in [0.25, 0.3) is 11.4 Å². The van der Waals surface area contributed by atoms with Crippen molar-refractivity contribution >= 4 is 27.3 Å². The van der Waals surface area contributed by atoms with E-state index < -0.39 is 10.0 Å². The molecule has 2 aromatic rings. The van der Waals surface area contributed by atoms with Gasteiger partial charge in [0.05, 0.1) is 0 Å². The van der Waals surface area contributed by atoms with Gasteiger partial charge in [-0.15, -0.1) is 11.3 Å². The van der Waals surface area contributed by atoms with Crippen molar-refractivity contribution in [1.82, 2.24) is 19.8 Å². The van der Waals surface area contributed by atoms with Crippen molar-refractivity contribution in [3.8, 4) is 11.4 Å². The molecule has 3 heterocycles. The first-order valence-corrected chi connectivity index (χ1v) is 11.9. The molecule has 28 heavy (non-hydrogen) atoms. The summed E-state index contributed by atoms with van der Waals surface area (Å²) in [5.41, 5.74) is 0.634. The lowest BCUT2D eigenvalue weighted by molar-refractivity contribution is -0.126. The van der Waals surface area contributed by atoms with E-state index in [1.165, 1.54) is 4.31 Å². The average molecular weight is 427 g/mol. The summed E-state index contributed by atoms with van der Waals surface area (Å²) >= 11 is 1.15. The van der Waals surface area contributed by atoms with E-state index in [4.69, 9.17) is 4.52 Å². The maximum Gasteiger partial charge on any atom is 0.252 e. The summed E-state index contributed by atoms with van der Waals surface area (Å²) in [6, 6.07) is 1.73. The van der Waals surface area contributed by atoms with E-state index in [2.05, 4.69) is 15.5 Å². The van der Waals surface area contributed by atoms with Crippen LogP contribution in [0, 0.1) is 5.92 Å². The first-order chi connectivity index (χ1) is 13.3. The molecule has 1 N–H and O–H groups in total. The monoisotopic (exact) mass is 426 g/mol. The standard InChI is InChI=1S/C18H26N4O4S2/c1-4-12(3)19-18(23)13-6-8-22(9-7-13)28(24,25)16-10-14(11-27-16)17-20-15(5-2)26-21-17/h10-13H,4-9H2,1-3H3,(H,19,23). The van der Waals surface area contributed by atoms with Crippen molar-refractivity contribution < 1.29 is 17.7 Å². The molecule has 2 aromatic heterocycles. The van der Waals surface area contributed by atoms with Gasteiger partial charge < -0.3 is 9.84 Å². The van der Waals surface area contributed by atoms with Gasteiger partial charge >= 0.3 is 0 Å². The molecule has 0 bridgehead atoms. The Labute approximate surface area is 169 Å². The molecule has 0 radical (unpaired) electrons. The third-order valence-electron chi connectivity index (χ3n) is 5.02. The summed E-state index contributed by atoms with van der Waals surface area (Å²) in [5.74, 6) is 0.804. The van der Waals surface area contributed by atoms with E-state index in [9.17, 15) is 13.2 Å². The average Bonchev–Trinajstić information content (AvgIpc) is 3.37. The van der Waals surface area contributed by atoms with Crippen LogP contribution in [-0.4, -0.2) is 47.9 Å². The molecular formula is C18H26N4O4S2. The van der Waals surface area contributed by atoms with Gasteiger partial charge in [-0.2, -0.15) is 9.29 Å². The fourth-order valence-electron chi connectivity index (χ4n) is 3.03. The number of nitrogens with one attached hydrogen (secondary N) is 1. The van der Waals surface area contributed by atoms with E-state index in [0.29, 0.717) is 49.6 Å². The number of rotatable bonds is 7. The molecule has 0 aromatic carbocycles. The molecular weight excluding hydrogens is 400 g/mol. The first-order valence-electron chi connectivity index (χ1n) is 9.57. The number of piperidine rings is 1. The minimum absolute atomic E-state index is 0.0219. The Morgan fingerprint density at radius 3 is 2.71 bits per heavy atom. The Kier molecular flexibility index (Phi) is 6.51. The Bertz CT molecular complexity index is 914. The van der Waals surface area contributed by atoms with Crippen molar-refractivity contribution in [1.29, 1.82) is 0 Å². The zero-order chi connectivity index (χ0) is 20.3. The molecule has 1 atom stereocenters. The van der Waals surface area contributed by atoms with Crippen LogP contribution < -0.4 is 5.32 Å². The number of hydrogen-bond acceptors (Lipinski definition) is 7. The van der Waals surface area contributed by atoms with Gasteiger partial charge in [0.25, 0.3) is 10.0 Å². The van der Waals surface area contributed by atoms with Gasteiger partial charge in [-0.05, 0) is 32.3 Å². The van der Waals surface area contributed by atoms with Gasteiger partial charge in [0.1, 0.15) is 4.21 Å². The molecule has 0 saturated carbocycles. The van der Waals surface area contributed by atoms with Crippen LogP contribution in [0.4, 0.5) is 0 Å². The van der Waals surface area contributed by atoms with Crippen molar-refractivity contribution in [3.63, 3.8) is 0 Å². The number of aryl methyl sites for hydroxylation is 1. The van der Waals surface area contributed by atoms with Crippen LogP contribution in [0.3, 0.4) is 0 Å². The largest absolute Gasteiger partial charge is 0.353 e. The van der Waals surface area contributed by atoms with E-state index in [1.807, 2.05) is 20.8 Å². The molecule has 1 aliphatic heterocycles. The van der Waals surface area contributed by atoms with Gasteiger partial charge in [0.2, 0.25) is 17.6 Å².